The summed E-state index contributed by atoms with van der Waals surface area (Å²) < 4.78 is 1.89. The predicted octanol–water partition coefficient (Wildman–Crippen LogP) is 4.27. The summed E-state index contributed by atoms with van der Waals surface area (Å²) in [4.78, 5) is 20.3. The van der Waals surface area contributed by atoms with E-state index < -0.39 is 0 Å². The molecule has 4 rings (SSSR count). The van der Waals surface area contributed by atoms with E-state index in [4.69, 9.17) is 10.1 Å². The fraction of sp³-hybridized carbons (Fsp3) is 0.476. The minimum absolute atomic E-state index is 0.0112. The third-order valence-corrected chi connectivity index (χ3v) is 6.16. The second-order valence-electron chi connectivity index (χ2n) is 8.53. The number of nitrogens with zero attached hydrogens (tertiary/aromatic N) is 4. The van der Waals surface area contributed by atoms with Crippen LogP contribution in [0.3, 0.4) is 0 Å². The van der Waals surface area contributed by atoms with Crippen molar-refractivity contribution in [2.45, 2.75) is 51.5 Å². The number of amides is 2. The van der Waals surface area contributed by atoms with Crippen LogP contribution in [0.1, 0.15) is 45.7 Å². The topological polar surface area (TPSA) is 74.6 Å². The molecular formula is C21H28N6OS. The van der Waals surface area contributed by atoms with Crippen molar-refractivity contribution in [1.82, 2.24) is 19.9 Å². The number of hydrogen-bond donors (Lipinski definition) is 2. The van der Waals surface area contributed by atoms with Gasteiger partial charge in [-0.1, -0.05) is 50.3 Å². The molecule has 0 radical (unpaired) electrons. The number of carbonyl (C=O) groups is 1. The van der Waals surface area contributed by atoms with E-state index in [0.717, 1.165) is 40.9 Å². The van der Waals surface area contributed by atoms with Gasteiger partial charge in [0.15, 0.2) is 0 Å². The molecular weight excluding hydrogens is 384 g/mol. The number of piperidine rings is 1. The monoisotopic (exact) mass is 412 g/mol. The number of nitrogens with one attached hydrogen (secondary N) is 2. The van der Waals surface area contributed by atoms with Crippen molar-refractivity contribution in [3.8, 4) is 0 Å². The van der Waals surface area contributed by atoms with Crippen molar-refractivity contribution >= 4 is 33.1 Å². The maximum absolute atomic E-state index is 12.3. The molecule has 3 heterocycles. The van der Waals surface area contributed by atoms with Gasteiger partial charge in [0.2, 0.25) is 10.1 Å². The molecule has 1 aromatic carbocycles. The first-order valence-corrected chi connectivity index (χ1v) is 10.9. The van der Waals surface area contributed by atoms with E-state index in [1.807, 2.05) is 41.0 Å². The molecule has 154 valence electrons. The van der Waals surface area contributed by atoms with Crippen LogP contribution in [0.4, 0.5) is 15.6 Å². The summed E-state index contributed by atoms with van der Waals surface area (Å²) in [5, 5.41) is 11.7. The Balaban J connectivity index is 1.42. The highest BCUT2D eigenvalue weighted by molar-refractivity contribution is 7.20. The Morgan fingerprint density at radius 3 is 2.76 bits per heavy atom. The molecule has 29 heavy (non-hydrogen) atoms. The Kier molecular flexibility index (Phi) is 5.45. The molecule has 3 aromatic rings. The fourth-order valence-electron chi connectivity index (χ4n) is 3.54. The van der Waals surface area contributed by atoms with Gasteiger partial charge in [-0.05, 0) is 31.4 Å². The summed E-state index contributed by atoms with van der Waals surface area (Å²) >= 11 is 1.62. The Labute approximate surface area is 175 Å². The zero-order valence-corrected chi connectivity index (χ0v) is 18.0. The number of rotatable bonds is 4. The number of para-hydroxylation sites is 1. The number of hydrogen-bond acceptors (Lipinski definition) is 5. The van der Waals surface area contributed by atoms with Crippen molar-refractivity contribution in [2.24, 2.45) is 0 Å². The highest BCUT2D eigenvalue weighted by Gasteiger charge is 2.27. The lowest BCUT2D eigenvalue weighted by molar-refractivity contribution is 0.250. The van der Waals surface area contributed by atoms with Crippen LogP contribution in [-0.2, 0) is 5.41 Å². The number of urea groups is 1. The van der Waals surface area contributed by atoms with Crippen LogP contribution in [0.5, 0.6) is 0 Å². The molecule has 0 spiro atoms. The highest BCUT2D eigenvalue weighted by Crippen LogP contribution is 2.31. The van der Waals surface area contributed by atoms with Crippen molar-refractivity contribution < 1.29 is 4.79 Å². The van der Waals surface area contributed by atoms with E-state index in [-0.39, 0.29) is 17.5 Å². The standard InChI is InChI=1S/C21H28N6OS/c1-21(2,3)17-14-27-19(24-17)29-20(25-27)26-12-8-7-11-16(26)13-22-18(28)23-15-9-5-4-6-10-15/h4-6,9-10,14,16H,7-8,11-13H2,1-3H3,(H2,22,23,28). The van der Waals surface area contributed by atoms with Crippen LogP contribution in [0.2, 0.25) is 0 Å². The van der Waals surface area contributed by atoms with Crippen LogP contribution in [0, 0.1) is 0 Å². The molecule has 1 unspecified atom stereocenters. The SMILES string of the molecule is CC(C)(C)c1cn2nc(N3CCCCC3CNC(=O)Nc3ccccc3)sc2n1. The second-order valence-corrected chi connectivity index (χ2v) is 9.47. The summed E-state index contributed by atoms with van der Waals surface area (Å²) in [6.07, 6.45) is 5.38. The van der Waals surface area contributed by atoms with Gasteiger partial charge in [-0.25, -0.2) is 14.3 Å². The van der Waals surface area contributed by atoms with Gasteiger partial charge in [0.05, 0.1) is 11.9 Å². The van der Waals surface area contributed by atoms with Crippen LogP contribution >= 0.6 is 11.3 Å². The van der Waals surface area contributed by atoms with Gasteiger partial charge in [-0.15, -0.1) is 5.10 Å². The second kappa shape index (κ2) is 8.02. The molecule has 0 bridgehead atoms. The number of fused-ring (bicyclic) bond motifs is 1. The van der Waals surface area contributed by atoms with Crippen molar-refractivity contribution in [2.75, 3.05) is 23.3 Å². The number of benzene rings is 1. The number of anilines is 2. The molecule has 1 saturated heterocycles. The quantitative estimate of drug-likeness (QED) is 0.671. The van der Waals surface area contributed by atoms with Gasteiger partial charge < -0.3 is 15.5 Å². The largest absolute Gasteiger partial charge is 0.342 e. The first-order valence-electron chi connectivity index (χ1n) is 10.1. The maximum Gasteiger partial charge on any atom is 0.319 e. The Morgan fingerprint density at radius 2 is 2.03 bits per heavy atom. The molecule has 0 saturated carbocycles. The zero-order chi connectivity index (χ0) is 20.4. The third kappa shape index (κ3) is 4.53. The average molecular weight is 413 g/mol. The predicted molar refractivity (Wildman–Crippen MR) is 118 cm³/mol. The number of aromatic nitrogens is 3. The van der Waals surface area contributed by atoms with Gasteiger partial charge in [0.25, 0.3) is 0 Å². The first-order chi connectivity index (χ1) is 13.9. The van der Waals surface area contributed by atoms with Crippen molar-refractivity contribution in [3.63, 3.8) is 0 Å². The number of imidazole rings is 1. The molecule has 1 aliphatic heterocycles. The van der Waals surface area contributed by atoms with E-state index in [9.17, 15) is 4.79 Å². The molecule has 0 aliphatic carbocycles. The lowest BCUT2D eigenvalue weighted by atomic mass is 9.93. The smallest absolute Gasteiger partial charge is 0.319 e. The van der Waals surface area contributed by atoms with Crippen LogP contribution in [-0.4, -0.2) is 39.8 Å². The Bertz CT molecular complexity index is 943. The van der Waals surface area contributed by atoms with Crippen LogP contribution < -0.4 is 15.5 Å². The van der Waals surface area contributed by atoms with E-state index in [2.05, 4.69) is 36.3 Å². The molecule has 1 atom stereocenters. The lowest BCUT2D eigenvalue weighted by Gasteiger charge is -2.35. The molecule has 1 fully saturated rings. The average Bonchev–Trinajstić information content (AvgIpc) is 3.27. The van der Waals surface area contributed by atoms with Gasteiger partial charge in [0, 0.05) is 30.2 Å². The Hall–Kier alpha value is -2.61. The van der Waals surface area contributed by atoms with Crippen molar-refractivity contribution in [3.05, 3.63) is 42.2 Å². The molecule has 7 nitrogen and oxygen atoms in total. The molecule has 2 amide bonds. The third-order valence-electron chi connectivity index (χ3n) is 5.20. The molecule has 2 aromatic heterocycles. The summed E-state index contributed by atoms with van der Waals surface area (Å²) in [6, 6.07) is 9.56. The van der Waals surface area contributed by atoms with Crippen LogP contribution in [0.15, 0.2) is 36.5 Å². The highest BCUT2D eigenvalue weighted by atomic mass is 32.1. The molecule has 1 aliphatic rings. The summed E-state index contributed by atoms with van der Waals surface area (Å²) in [7, 11) is 0. The van der Waals surface area contributed by atoms with Crippen molar-refractivity contribution in [1.29, 1.82) is 0 Å². The summed E-state index contributed by atoms with van der Waals surface area (Å²) in [5.41, 5.74) is 1.86. The fourth-order valence-corrected chi connectivity index (χ4v) is 4.52. The minimum Gasteiger partial charge on any atom is -0.342 e. The number of carbonyl (C=O) groups excluding carboxylic acids is 1. The van der Waals surface area contributed by atoms with E-state index in [0.29, 0.717) is 6.54 Å². The van der Waals surface area contributed by atoms with Gasteiger partial charge in [-0.2, -0.15) is 0 Å². The molecule has 2 N–H and O–H groups in total. The minimum atomic E-state index is -0.175. The van der Waals surface area contributed by atoms with E-state index in [1.54, 1.807) is 11.3 Å². The Morgan fingerprint density at radius 1 is 1.24 bits per heavy atom. The normalized spacial score (nSPS) is 17.5. The van der Waals surface area contributed by atoms with Gasteiger partial charge in [-0.3, -0.25) is 0 Å². The summed E-state index contributed by atoms with van der Waals surface area (Å²) in [5.74, 6) is 0. The van der Waals surface area contributed by atoms with Gasteiger partial charge in [0.1, 0.15) is 0 Å². The zero-order valence-electron chi connectivity index (χ0n) is 17.2. The summed E-state index contributed by atoms with van der Waals surface area (Å²) in [6.45, 7) is 8.02. The van der Waals surface area contributed by atoms with Gasteiger partial charge >= 0.3 is 6.03 Å². The maximum atomic E-state index is 12.3. The molecule has 8 heteroatoms. The van der Waals surface area contributed by atoms with E-state index in [1.165, 1.54) is 6.42 Å². The first kappa shape index (κ1) is 19.7. The van der Waals surface area contributed by atoms with Crippen LogP contribution in [0.25, 0.3) is 4.96 Å². The van der Waals surface area contributed by atoms with E-state index >= 15 is 0 Å². The lowest BCUT2D eigenvalue weighted by Crippen LogP contribution is -2.47.